The van der Waals surface area contributed by atoms with Gasteiger partial charge in [0.15, 0.2) is 0 Å². The van der Waals surface area contributed by atoms with Crippen LogP contribution in [0.2, 0.25) is 0 Å². The summed E-state index contributed by atoms with van der Waals surface area (Å²) < 4.78 is 5.29. The van der Waals surface area contributed by atoms with Crippen LogP contribution >= 0.6 is 0 Å². The van der Waals surface area contributed by atoms with E-state index in [0.29, 0.717) is 0 Å². The predicted octanol–water partition coefficient (Wildman–Crippen LogP) is 2.11. The van der Waals surface area contributed by atoms with Crippen LogP contribution in [-0.2, 0) is 14.3 Å². The van der Waals surface area contributed by atoms with Crippen molar-refractivity contribution >= 4 is 18.0 Å². The molecule has 0 heterocycles. The first-order valence-corrected chi connectivity index (χ1v) is 8.56. The van der Waals surface area contributed by atoms with E-state index in [-0.39, 0.29) is 18.9 Å². The normalized spacial score (nSPS) is 13.2. The number of amides is 2. The van der Waals surface area contributed by atoms with Crippen molar-refractivity contribution in [2.75, 3.05) is 13.7 Å². The highest BCUT2D eigenvalue weighted by atomic mass is 16.5. The number of aliphatic carboxylic acids is 1. The number of hydrogen-bond acceptors (Lipinski definition) is 4. The lowest BCUT2D eigenvalue weighted by atomic mass is 9.98. The molecular formula is C20H20N2O5. The number of carboxylic acid groups (broad SMARTS) is 1. The average molecular weight is 368 g/mol. The third kappa shape index (κ3) is 3.92. The molecule has 0 aromatic heterocycles. The van der Waals surface area contributed by atoms with Crippen LogP contribution in [0.15, 0.2) is 48.5 Å². The Labute approximate surface area is 156 Å². The molecule has 1 aliphatic carbocycles. The van der Waals surface area contributed by atoms with Crippen LogP contribution in [0.25, 0.3) is 11.1 Å². The molecule has 2 amide bonds. The number of alkyl carbamates (subject to hydrolysis) is 1. The van der Waals surface area contributed by atoms with E-state index in [9.17, 15) is 14.4 Å². The van der Waals surface area contributed by atoms with Gasteiger partial charge in [-0.3, -0.25) is 4.79 Å². The Hall–Kier alpha value is -3.35. The zero-order valence-corrected chi connectivity index (χ0v) is 14.8. The summed E-state index contributed by atoms with van der Waals surface area (Å²) in [6, 6.07) is 14.5. The molecule has 0 fully saturated rings. The Kier molecular flexibility index (Phi) is 5.40. The van der Waals surface area contributed by atoms with E-state index in [2.05, 4.69) is 10.6 Å². The van der Waals surface area contributed by atoms with Crippen LogP contribution in [0.5, 0.6) is 0 Å². The van der Waals surface area contributed by atoms with Gasteiger partial charge in [-0.25, -0.2) is 9.59 Å². The van der Waals surface area contributed by atoms with Gasteiger partial charge in [-0.05, 0) is 22.3 Å². The maximum atomic E-state index is 12.1. The first kappa shape index (κ1) is 18.4. The van der Waals surface area contributed by atoms with Crippen molar-refractivity contribution in [1.82, 2.24) is 10.6 Å². The number of carboxylic acids is 1. The van der Waals surface area contributed by atoms with E-state index in [1.165, 1.54) is 7.05 Å². The Morgan fingerprint density at radius 3 is 2.11 bits per heavy atom. The number of rotatable bonds is 6. The summed E-state index contributed by atoms with van der Waals surface area (Å²) in [5, 5.41) is 13.7. The molecule has 1 atom stereocenters. The third-order valence-electron chi connectivity index (χ3n) is 4.60. The summed E-state index contributed by atoms with van der Waals surface area (Å²) in [5.41, 5.74) is 4.33. The molecule has 140 valence electrons. The minimum Gasteiger partial charge on any atom is -0.480 e. The van der Waals surface area contributed by atoms with E-state index in [4.69, 9.17) is 9.84 Å². The van der Waals surface area contributed by atoms with Crippen molar-refractivity contribution in [3.05, 3.63) is 59.7 Å². The zero-order chi connectivity index (χ0) is 19.4. The second-order valence-corrected chi connectivity index (χ2v) is 6.24. The summed E-state index contributed by atoms with van der Waals surface area (Å²) in [6.45, 7) is 0.0756. The fourth-order valence-corrected chi connectivity index (χ4v) is 3.27. The SMILES string of the molecule is CNC(=O)CC(NC(=O)OCC1c2ccccc2-c2ccccc21)C(=O)O. The number of ether oxygens (including phenoxy) is 1. The Morgan fingerprint density at radius 1 is 1.04 bits per heavy atom. The highest BCUT2D eigenvalue weighted by molar-refractivity contribution is 5.87. The predicted molar refractivity (Wildman–Crippen MR) is 98.3 cm³/mol. The first-order valence-electron chi connectivity index (χ1n) is 8.56. The van der Waals surface area contributed by atoms with Gasteiger partial charge in [0.2, 0.25) is 5.91 Å². The van der Waals surface area contributed by atoms with E-state index in [1.54, 1.807) is 0 Å². The van der Waals surface area contributed by atoms with Gasteiger partial charge in [0.1, 0.15) is 12.6 Å². The summed E-state index contributed by atoms with van der Waals surface area (Å²) >= 11 is 0. The van der Waals surface area contributed by atoms with Crippen LogP contribution in [0.3, 0.4) is 0 Å². The fraction of sp³-hybridized carbons (Fsp3) is 0.250. The van der Waals surface area contributed by atoms with Gasteiger partial charge in [0.25, 0.3) is 0 Å². The molecule has 1 unspecified atom stereocenters. The van der Waals surface area contributed by atoms with Gasteiger partial charge >= 0.3 is 12.1 Å². The number of fused-ring (bicyclic) bond motifs is 3. The molecule has 0 aliphatic heterocycles. The monoisotopic (exact) mass is 368 g/mol. The fourth-order valence-electron chi connectivity index (χ4n) is 3.27. The molecule has 0 radical (unpaired) electrons. The quantitative estimate of drug-likeness (QED) is 0.724. The first-order chi connectivity index (χ1) is 13.0. The number of carbonyl (C=O) groups is 3. The molecule has 27 heavy (non-hydrogen) atoms. The molecule has 0 spiro atoms. The molecule has 7 heteroatoms. The van der Waals surface area contributed by atoms with Crippen LogP contribution in [0.1, 0.15) is 23.5 Å². The van der Waals surface area contributed by atoms with E-state index >= 15 is 0 Å². The number of nitrogens with one attached hydrogen (secondary N) is 2. The molecule has 0 saturated carbocycles. The largest absolute Gasteiger partial charge is 0.480 e. The van der Waals surface area contributed by atoms with Gasteiger partial charge in [0, 0.05) is 13.0 Å². The smallest absolute Gasteiger partial charge is 0.407 e. The van der Waals surface area contributed by atoms with E-state index in [1.807, 2.05) is 48.5 Å². The van der Waals surface area contributed by atoms with Crippen molar-refractivity contribution in [2.24, 2.45) is 0 Å². The minimum absolute atomic E-state index is 0.0756. The molecule has 2 aromatic rings. The van der Waals surface area contributed by atoms with Crippen molar-refractivity contribution in [1.29, 1.82) is 0 Å². The topological polar surface area (TPSA) is 105 Å². The highest BCUT2D eigenvalue weighted by Gasteiger charge is 2.30. The summed E-state index contributed by atoms with van der Waals surface area (Å²) in [7, 11) is 1.40. The van der Waals surface area contributed by atoms with Gasteiger partial charge < -0.3 is 20.5 Å². The molecule has 2 aromatic carbocycles. The number of benzene rings is 2. The lowest BCUT2D eigenvalue weighted by molar-refractivity contribution is -0.141. The highest BCUT2D eigenvalue weighted by Crippen LogP contribution is 2.44. The van der Waals surface area contributed by atoms with Crippen LogP contribution < -0.4 is 10.6 Å². The molecule has 0 saturated heterocycles. The third-order valence-corrected chi connectivity index (χ3v) is 4.60. The molecule has 3 rings (SSSR count). The summed E-state index contributed by atoms with van der Waals surface area (Å²) in [4.78, 5) is 34.7. The summed E-state index contributed by atoms with van der Waals surface area (Å²) in [5.74, 6) is -1.90. The lowest BCUT2D eigenvalue weighted by Gasteiger charge is -2.17. The minimum atomic E-state index is -1.35. The summed E-state index contributed by atoms with van der Waals surface area (Å²) in [6.07, 6.45) is -1.23. The zero-order valence-electron chi connectivity index (χ0n) is 14.8. The van der Waals surface area contributed by atoms with E-state index < -0.39 is 24.0 Å². The maximum Gasteiger partial charge on any atom is 0.407 e. The van der Waals surface area contributed by atoms with Crippen molar-refractivity contribution in [2.45, 2.75) is 18.4 Å². The van der Waals surface area contributed by atoms with Gasteiger partial charge in [-0.15, -0.1) is 0 Å². The molecule has 0 bridgehead atoms. The second-order valence-electron chi connectivity index (χ2n) is 6.24. The molecule has 3 N–H and O–H groups in total. The number of carbonyl (C=O) groups excluding carboxylic acids is 2. The lowest BCUT2D eigenvalue weighted by Crippen LogP contribution is -2.44. The van der Waals surface area contributed by atoms with Gasteiger partial charge in [0.05, 0.1) is 6.42 Å². The molecule has 7 nitrogen and oxygen atoms in total. The van der Waals surface area contributed by atoms with Crippen molar-refractivity contribution in [3.63, 3.8) is 0 Å². The number of hydrogen-bond donors (Lipinski definition) is 3. The Morgan fingerprint density at radius 2 is 1.59 bits per heavy atom. The average Bonchev–Trinajstić information content (AvgIpc) is 2.99. The van der Waals surface area contributed by atoms with Crippen molar-refractivity contribution in [3.8, 4) is 11.1 Å². The van der Waals surface area contributed by atoms with Gasteiger partial charge in [-0.2, -0.15) is 0 Å². The van der Waals surface area contributed by atoms with Crippen LogP contribution in [0.4, 0.5) is 4.79 Å². The standard InChI is InChI=1S/C20H20N2O5/c1-21-18(23)10-17(19(24)25)22-20(26)27-11-16-14-8-4-2-6-12(14)13-7-3-5-9-15(13)16/h2-9,16-17H,10-11H2,1H3,(H,21,23)(H,22,26)(H,24,25). The molecule has 1 aliphatic rings. The van der Waals surface area contributed by atoms with Crippen molar-refractivity contribution < 1.29 is 24.2 Å². The Bertz CT molecular complexity index is 835. The Balaban J connectivity index is 1.68. The van der Waals surface area contributed by atoms with Crippen LogP contribution in [-0.4, -0.2) is 42.8 Å². The second kappa shape index (κ2) is 7.90. The molecular weight excluding hydrogens is 348 g/mol. The van der Waals surface area contributed by atoms with E-state index in [0.717, 1.165) is 22.3 Å². The van der Waals surface area contributed by atoms with Crippen LogP contribution in [0, 0.1) is 0 Å². The maximum absolute atomic E-state index is 12.1. The van der Waals surface area contributed by atoms with Gasteiger partial charge in [-0.1, -0.05) is 48.5 Å².